The molecular weight excluding hydrogens is 266 g/mol. The maximum atomic E-state index is 12.2. The highest BCUT2D eigenvalue weighted by Crippen LogP contribution is 2.08. The molecule has 0 fully saturated rings. The Hall–Kier alpha value is -1.89. The molecule has 0 aromatic heterocycles. The van der Waals surface area contributed by atoms with Crippen molar-refractivity contribution in [2.45, 2.75) is 20.8 Å². The molecule has 0 radical (unpaired) electrons. The molecule has 0 heterocycles. The summed E-state index contributed by atoms with van der Waals surface area (Å²) in [5.41, 5.74) is 0.0270. The zero-order valence-electron chi connectivity index (χ0n) is 12.3. The van der Waals surface area contributed by atoms with Gasteiger partial charge < -0.3 is 19.5 Å². The molecule has 20 heavy (non-hydrogen) atoms. The Morgan fingerprint density at radius 1 is 1.15 bits per heavy atom. The van der Waals surface area contributed by atoms with Gasteiger partial charge in [-0.25, -0.2) is 4.79 Å². The zero-order chi connectivity index (χ0) is 15.7. The first kappa shape index (κ1) is 18.1. The number of ether oxygens (including phenoxy) is 2. The van der Waals surface area contributed by atoms with Crippen LogP contribution in [-0.4, -0.2) is 61.3 Å². The minimum Gasteiger partial charge on any atom is -0.478 e. The molecule has 0 unspecified atom stereocenters. The molecule has 0 aliphatic carbocycles. The molecule has 114 valence electrons. The Morgan fingerprint density at radius 2 is 1.75 bits per heavy atom. The van der Waals surface area contributed by atoms with Crippen LogP contribution in [0.25, 0.3) is 0 Å². The number of rotatable bonds is 8. The number of hydrogen-bond acceptors (Lipinski definition) is 5. The van der Waals surface area contributed by atoms with Crippen molar-refractivity contribution >= 4 is 17.8 Å². The lowest BCUT2D eigenvalue weighted by atomic mass is 10.1. The van der Waals surface area contributed by atoms with Gasteiger partial charge in [-0.1, -0.05) is 0 Å². The van der Waals surface area contributed by atoms with Crippen molar-refractivity contribution in [3.8, 4) is 0 Å². The molecule has 0 aromatic carbocycles. The number of methoxy groups -OCH3 is 1. The molecule has 0 saturated carbocycles. The number of esters is 1. The minimum absolute atomic E-state index is 0.0544. The maximum absolute atomic E-state index is 12.2. The number of aliphatic carboxylic acids is 1. The van der Waals surface area contributed by atoms with Crippen LogP contribution in [0.2, 0.25) is 0 Å². The lowest BCUT2D eigenvalue weighted by molar-refractivity contribution is -0.148. The number of amides is 1. The molecule has 0 saturated heterocycles. The van der Waals surface area contributed by atoms with Crippen molar-refractivity contribution in [2.75, 3.05) is 33.4 Å². The number of carboxylic acid groups (broad SMARTS) is 1. The Labute approximate surface area is 118 Å². The van der Waals surface area contributed by atoms with Crippen LogP contribution in [0.1, 0.15) is 20.8 Å². The topological polar surface area (TPSA) is 93.1 Å². The van der Waals surface area contributed by atoms with Gasteiger partial charge in [0, 0.05) is 24.8 Å². The average Bonchev–Trinajstić information content (AvgIpc) is 2.41. The molecule has 0 aromatic rings. The van der Waals surface area contributed by atoms with Gasteiger partial charge >= 0.3 is 11.9 Å². The third-order valence-electron chi connectivity index (χ3n) is 2.68. The Morgan fingerprint density at radius 3 is 2.20 bits per heavy atom. The number of carbonyl (C=O) groups is 3. The number of carboxylic acids is 1. The van der Waals surface area contributed by atoms with E-state index in [4.69, 9.17) is 14.6 Å². The quantitative estimate of drug-likeness (QED) is 0.514. The van der Waals surface area contributed by atoms with Crippen molar-refractivity contribution in [3.63, 3.8) is 0 Å². The molecule has 7 heteroatoms. The molecule has 0 atom stereocenters. The van der Waals surface area contributed by atoms with Gasteiger partial charge in [-0.3, -0.25) is 9.59 Å². The molecule has 0 spiro atoms. The molecule has 0 aliphatic heterocycles. The first-order valence-electron chi connectivity index (χ1n) is 6.19. The van der Waals surface area contributed by atoms with Crippen LogP contribution in [0.15, 0.2) is 11.1 Å². The van der Waals surface area contributed by atoms with Gasteiger partial charge in [-0.15, -0.1) is 0 Å². The van der Waals surface area contributed by atoms with Gasteiger partial charge in [0.05, 0.1) is 13.2 Å². The van der Waals surface area contributed by atoms with E-state index in [-0.39, 0.29) is 37.4 Å². The normalized spacial score (nSPS) is 11.6. The Bertz CT molecular complexity index is 402. The smallest absolute Gasteiger partial charge is 0.331 e. The van der Waals surface area contributed by atoms with Gasteiger partial charge in [0.15, 0.2) is 0 Å². The fourth-order valence-corrected chi connectivity index (χ4v) is 1.37. The lowest BCUT2D eigenvalue weighted by Crippen LogP contribution is -2.39. The summed E-state index contributed by atoms with van der Waals surface area (Å²) >= 11 is 0. The van der Waals surface area contributed by atoms with E-state index in [0.29, 0.717) is 0 Å². The van der Waals surface area contributed by atoms with Gasteiger partial charge in [0.2, 0.25) is 0 Å². The van der Waals surface area contributed by atoms with E-state index in [2.05, 4.69) is 0 Å². The van der Waals surface area contributed by atoms with E-state index >= 15 is 0 Å². The van der Waals surface area contributed by atoms with E-state index in [1.165, 1.54) is 25.9 Å². The van der Waals surface area contributed by atoms with Crippen LogP contribution in [-0.2, 0) is 23.9 Å². The van der Waals surface area contributed by atoms with Gasteiger partial charge in [0.1, 0.15) is 6.54 Å². The van der Waals surface area contributed by atoms with E-state index in [9.17, 15) is 14.4 Å². The second-order valence-electron chi connectivity index (χ2n) is 4.08. The third kappa shape index (κ3) is 5.83. The Balaban J connectivity index is 5.02. The standard InChI is InChI=1S/C13H21NO6/c1-5-20-11(15)8-14(6-7-19-4)12(16)9(2)10(3)13(17)18/h5-8H2,1-4H3,(H,17,18). The lowest BCUT2D eigenvalue weighted by Gasteiger charge is -2.22. The highest BCUT2D eigenvalue weighted by atomic mass is 16.5. The van der Waals surface area contributed by atoms with Crippen LogP contribution in [0, 0.1) is 0 Å². The summed E-state index contributed by atoms with van der Waals surface area (Å²) in [6.07, 6.45) is 0. The predicted octanol–water partition coefficient (Wildman–Crippen LogP) is 0.446. The van der Waals surface area contributed by atoms with Crippen LogP contribution in [0.5, 0.6) is 0 Å². The first-order valence-corrected chi connectivity index (χ1v) is 6.19. The average molecular weight is 287 g/mol. The molecule has 1 amide bonds. The van der Waals surface area contributed by atoms with E-state index < -0.39 is 17.8 Å². The van der Waals surface area contributed by atoms with Crippen molar-refractivity contribution in [1.82, 2.24) is 4.90 Å². The summed E-state index contributed by atoms with van der Waals surface area (Å²) in [4.78, 5) is 35.7. The fraction of sp³-hybridized carbons (Fsp3) is 0.615. The fourth-order valence-electron chi connectivity index (χ4n) is 1.37. The van der Waals surface area contributed by atoms with Crippen LogP contribution in [0.3, 0.4) is 0 Å². The second kappa shape index (κ2) is 9.08. The predicted molar refractivity (Wildman–Crippen MR) is 71.1 cm³/mol. The van der Waals surface area contributed by atoms with Gasteiger partial charge in [-0.2, -0.15) is 0 Å². The van der Waals surface area contributed by atoms with E-state index in [1.807, 2.05) is 0 Å². The third-order valence-corrected chi connectivity index (χ3v) is 2.68. The monoisotopic (exact) mass is 287 g/mol. The van der Waals surface area contributed by atoms with E-state index in [1.54, 1.807) is 6.92 Å². The summed E-state index contributed by atoms with van der Waals surface area (Å²) in [5, 5.41) is 8.88. The number of nitrogens with zero attached hydrogens (tertiary/aromatic N) is 1. The van der Waals surface area contributed by atoms with Crippen LogP contribution < -0.4 is 0 Å². The van der Waals surface area contributed by atoms with Crippen molar-refractivity contribution in [2.24, 2.45) is 0 Å². The summed E-state index contributed by atoms with van der Waals surface area (Å²) in [6, 6.07) is 0. The molecule has 0 aliphatic rings. The number of hydrogen-bond donors (Lipinski definition) is 1. The maximum Gasteiger partial charge on any atom is 0.331 e. The van der Waals surface area contributed by atoms with Crippen LogP contribution >= 0.6 is 0 Å². The van der Waals surface area contributed by atoms with E-state index in [0.717, 1.165) is 0 Å². The Kier molecular flexibility index (Phi) is 8.23. The molecular formula is C13H21NO6. The molecule has 0 rings (SSSR count). The SMILES string of the molecule is CCOC(=O)CN(CCOC)C(=O)C(C)=C(C)C(=O)O. The van der Waals surface area contributed by atoms with Crippen LogP contribution in [0.4, 0.5) is 0 Å². The molecule has 0 bridgehead atoms. The summed E-state index contributed by atoms with van der Waals surface area (Å²) in [6.45, 7) is 4.82. The second-order valence-corrected chi connectivity index (χ2v) is 4.08. The highest BCUT2D eigenvalue weighted by molar-refractivity contribution is 6.02. The largest absolute Gasteiger partial charge is 0.478 e. The number of carbonyl (C=O) groups excluding carboxylic acids is 2. The summed E-state index contributed by atoms with van der Waals surface area (Å²) < 4.78 is 9.66. The molecule has 7 nitrogen and oxygen atoms in total. The van der Waals surface area contributed by atoms with Crippen molar-refractivity contribution < 1.29 is 29.0 Å². The van der Waals surface area contributed by atoms with Gasteiger partial charge in [-0.05, 0) is 20.8 Å². The van der Waals surface area contributed by atoms with Crippen molar-refractivity contribution in [1.29, 1.82) is 0 Å². The summed E-state index contributed by atoms with van der Waals surface area (Å²) in [5.74, 6) is -2.23. The highest BCUT2D eigenvalue weighted by Gasteiger charge is 2.21. The molecule has 1 N–H and O–H groups in total. The van der Waals surface area contributed by atoms with Crippen molar-refractivity contribution in [3.05, 3.63) is 11.1 Å². The summed E-state index contributed by atoms with van der Waals surface area (Å²) in [7, 11) is 1.47. The zero-order valence-corrected chi connectivity index (χ0v) is 12.3. The first-order chi connectivity index (χ1) is 9.34. The minimum atomic E-state index is -1.17. The van der Waals surface area contributed by atoms with Gasteiger partial charge in [0.25, 0.3) is 5.91 Å².